The molecule has 104 valence electrons. The minimum absolute atomic E-state index is 0.0496. The van der Waals surface area contributed by atoms with E-state index in [4.69, 9.17) is 0 Å². The molecule has 2 rings (SSSR count). The quantitative estimate of drug-likeness (QED) is 0.876. The van der Waals surface area contributed by atoms with Crippen LogP contribution < -0.4 is 10.6 Å². The van der Waals surface area contributed by atoms with Crippen LogP contribution in [0.1, 0.15) is 45.1 Å². The van der Waals surface area contributed by atoms with E-state index in [-0.39, 0.29) is 11.9 Å². The van der Waals surface area contributed by atoms with E-state index in [0.29, 0.717) is 11.8 Å². The summed E-state index contributed by atoms with van der Waals surface area (Å²) in [5, 5.41) is 6.32. The molecule has 0 spiro atoms. The van der Waals surface area contributed by atoms with Crippen molar-refractivity contribution < 1.29 is 4.79 Å². The molecule has 19 heavy (non-hydrogen) atoms. The van der Waals surface area contributed by atoms with E-state index in [1.807, 2.05) is 12.1 Å². The molecular formula is C16H24N2O. The van der Waals surface area contributed by atoms with Gasteiger partial charge in [-0.15, -0.1) is 0 Å². The van der Waals surface area contributed by atoms with Crippen LogP contribution in [-0.2, 0) is 4.79 Å². The average molecular weight is 260 g/mol. The molecule has 1 aliphatic heterocycles. The zero-order valence-corrected chi connectivity index (χ0v) is 12.1. The van der Waals surface area contributed by atoms with Crippen molar-refractivity contribution in [1.29, 1.82) is 0 Å². The van der Waals surface area contributed by atoms with Crippen LogP contribution in [0.15, 0.2) is 24.3 Å². The van der Waals surface area contributed by atoms with E-state index < -0.39 is 0 Å². The first kappa shape index (κ1) is 14.1. The summed E-state index contributed by atoms with van der Waals surface area (Å²) < 4.78 is 0. The summed E-state index contributed by atoms with van der Waals surface area (Å²) in [4.78, 5) is 12.2. The van der Waals surface area contributed by atoms with Crippen LogP contribution in [0, 0.1) is 5.92 Å². The van der Waals surface area contributed by atoms with E-state index in [1.165, 1.54) is 5.56 Å². The van der Waals surface area contributed by atoms with Crippen molar-refractivity contribution in [2.75, 3.05) is 11.9 Å². The van der Waals surface area contributed by atoms with Gasteiger partial charge in [-0.25, -0.2) is 0 Å². The highest BCUT2D eigenvalue weighted by atomic mass is 16.2. The molecule has 2 atom stereocenters. The van der Waals surface area contributed by atoms with Crippen LogP contribution in [0.2, 0.25) is 0 Å². The summed E-state index contributed by atoms with van der Waals surface area (Å²) in [6.07, 6.45) is 2.09. The molecule has 2 N–H and O–H groups in total. The number of anilines is 1. The number of piperidine rings is 1. The van der Waals surface area contributed by atoms with Crippen molar-refractivity contribution in [1.82, 2.24) is 5.32 Å². The molecule has 1 fully saturated rings. The van der Waals surface area contributed by atoms with Crippen LogP contribution >= 0.6 is 0 Å². The predicted octanol–water partition coefficient (Wildman–Crippen LogP) is 3.14. The monoisotopic (exact) mass is 260 g/mol. The highest BCUT2D eigenvalue weighted by Gasteiger charge is 2.24. The van der Waals surface area contributed by atoms with Gasteiger partial charge in [0.25, 0.3) is 0 Å². The van der Waals surface area contributed by atoms with E-state index in [0.717, 1.165) is 25.1 Å². The Bertz CT molecular complexity index is 442. The summed E-state index contributed by atoms with van der Waals surface area (Å²) >= 11 is 0. The number of carbonyl (C=O) groups excluding carboxylic acids is 1. The Kier molecular flexibility index (Phi) is 4.59. The lowest BCUT2D eigenvalue weighted by molar-refractivity contribution is -0.119. The molecule has 0 radical (unpaired) electrons. The van der Waals surface area contributed by atoms with Crippen LogP contribution in [-0.4, -0.2) is 18.5 Å². The minimum Gasteiger partial charge on any atom is -0.325 e. The Morgan fingerprint density at radius 2 is 2.21 bits per heavy atom. The second-order valence-electron chi connectivity index (χ2n) is 5.91. The third-order valence-corrected chi connectivity index (χ3v) is 3.80. The van der Waals surface area contributed by atoms with E-state index >= 15 is 0 Å². The summed E-state index contributed by atoms with van der Waals surface area (Å²) in [5.74, 6) is 1.19. The van der Waals surface area contributed by atoms with Crippen molar-refractivity contribution in [3.63, 3.8) is 0 Å². The number of nitrogens with one attached hydrogen (secondary N) is 2. The maximum atomic E-state index is 12.2. The van der Waals surface area contributed by atoms with Crippen LogP contribution in [0.3, 0.4) is 0 Å². The van der Waals surface area contributed by atoms with Crippen molar-refractivity contribution in [3.8, 4) is 0 Å². The largest absolute Gasteiger partial charge is 0.325 e. The molecule has 1 saturated heterocycles. The topological polar surface area (TPSA) is 41.1 Å². The van der Waals surface area contributed by atoms with Gasteiger partial charge in [0.15, 0.2) is 0 Å². The lowest BCUT2D eigenvalue weighted by Crippen LogP contribution is -2.45. The van der Waals surface area contributed by atoms with Crippen molar-refractivity contribution in [2.24, 2.45) is 5.92 Å². The average Bonchev–Trinajstić information content (AvgIpc) is 2.39. The third-order valence-electron chi connectivity index (χ3n) is 3.80. The molecule has 2 unspecified atom stereocenters. The number of hydrogen-bond acceptors (Lipinski definition) is 2. The number of amides is 1. The van der Waals surface area contributed by atoms with Gasteiger partial charge in [-0.05, 0) is 48.9 Å². The first-order valence-corrected chi connectivity index (χ1v) is 7.20. The van der Waals surface area contributed by atoms with Crippen LogP contribution in [0.5, 0.6) is 0 Å². The molecule has 1 heterocycles. The van der Waals surface area contributed by atoms with E-state index in [1.54, 1.807) is 0 Å². The molecule has 3 nitrogen and oxygen atoms in total. The van der Waals surface area contributed by atoms with Crippen LogP contribution in [0.4, 0.5) is 5.69 Å². The smallest absolute Gasteiger partial charge is 0.241 e. The van der Waals surface area contributed by atoms with Crippen molar-refractivity contribution in [2.45, 2.75) is 45.6 Å². The third kappa shape index (κ3) is 3.80. The van der Waals surface area contributed by atoms with Crippen molar-refractivity contribution in [3.05, 3.63) is 29.8 Å². The van der Waals surface area contributed by atoms with Gasteiger partial charge in [0.2, 0.25) is 5.91 Å². The van der Waals surface area contributed by atoms with Gasteiger partial charge in [0.1, 0.15) is 0 Å². The summed E-state index contributed by atoms with van der Waals surface area (Å²) in [6, 6.07) is 8.07. The van der Waals surface area contributed by atoms with Gasteiger partial charge >= 0.3 is 0 Å². The fourth-order valence-corrected chi connectivity index (χ4v) is 2.51. The number of hydrogen-bond donors (Lipinski definition) is 2. The van der Waals surface area contributed by atoms with Gasteiger partial charge in [-0.1, -0.05) is 32.9 Å². The second-order valence-corrected chi connectivity index (χ2v) is 5.91. The highest BCUT2D eigenvalue weighted by molar-refractivity contribution is 5.95. The molecule has 1 aromatic carbocycles. The molecule has 0 aromatic heterocycles. The fourth-order valence-electron chi connectivity index (χ4n) is 2.51. The van der Waals surface area contributed by atoms with Gasteiger partial charge < -0.3 is 10.6 Å². The van der Waals surface area contributed by atoms with Gasteiger partial charge in [-0.3, -0.25) is 4.79 Å². The van der Waals surface area contributed by atoms with Crippen molar-refractivity contribution >= 4 is 11.6 Å². The molecule has 0 bridgehead atoms. The number of benzene rings is 1. The molecule has 1 amide bonds. The summed E-state index contributed by atoms with van der Waals surface area (Å²) in [5.41, 5.74) is 2.15. The molecule has 1 aliphatic rings. The zero-order valence-electron chi connectivity index (χ0n) is 12.1. The van der Waals surface area contributed by atoms with E-state index in [2.05, 4.69) is 43.5 Å². The van der Waals surface area contributed by atoms with Gasteiger partial charge in [0, 0.05) is 5.69 Å². The van der Waals surface area contributed by atoms with Gasteiger partial charge in [-0.2, -0.15) is 0 Å². The molecule has 0 aliphatic carbocycles. The maximum absolute atomic E-state index is 12.2. The number of carbonyl (C=O) groups is 1. The molecule has 3 heteroatoms. The Labute approximate surface area is 115 Å². The Morgan fingerprint density at radius 3 is 2.89 bits per heavy atom. The summed E-state index contributed by atoms with van der Waals surface area (Å²) in [6.45, 7) is 7.46. The van der Waals surface area contributed by atoms with Crippen LogP contribution in [0.25, 0.3) is 0 Å². The first-order valence-electron chi connectivity index (χ1n) is 7.20. The lowest BCUT2D eigenvalue weighted by atomic mass is 9.94. The molecule has 0 saturated carbocycles. The van der Waals surface area contributed by atoms with Gasteiger partial charge in [0.05, 0.1) is 6.04 Å². The van der Waals surface area contributed by atoms with E-state index in [9.17, 15) is 4.79 Å². The standard InChI is InChI=1S/C16H24N2O/c1-11(2)13-5-4-6-14(10-13)18-16(19)15-9-12(3)7-8-17-15/h4-6,10-12,15,17H,7-9H2,1-3H3,(H,18,19). The fraction of sp³-hybridized carbons (Fsp3) is 0.562. The molecule has 1 aromatic rings. The predicted molar refractivity (Wildman–Crippen MR) is 79.3 cm³/mol. The lowest BCUT2D eigenvalue weighted by Gasteiger charge is -2.27. The zero-order chi connectivity index (χ0) is 13.8. The Morgan fingerprint density at radius 1 is 1.42 bits per heavy atom. The maximum Gasteiger partial charge on any atom is 0.241 e. The first-order chi connectivity index (χ1) is 9.06. The Balaban J connectivity index is 2.00. The Hall–Kier alpha value is -1.35. The normalized spacial score (nSPS) is 23.4. The highest BCUT2D eigenvalue weighted by Crippen LogP contribution is 2.20. The SMILES string of the molecule is CC1CCNC(C(=O)Nc2cccc(C(C)C)c2)C1. The minimum atomic E-state index is -0.0496. The number of rotatable bonds is 3. The molecular weight excluding hydrogens is 236 g/mol. The summed E-state index contributed by atoms with van der Waals surface area (Å²) in [7, 11) is 0. The second kappa shape index (κ2) is 6.20.